The molecule has 1 rings (SSSR count). The summed E-state index contributed by atoms with van der Waals surface area (Å²) in [6, 6.07) is -0.951. The van der Waals surface area contributed by atoms with Crippen molar-refractivity contribution in [2.75, 3.05) is 0 Å². The number of ether oxygens (including phenoxy) is 1. The van der Waals surface area contributed by atoms with Gasteiger partial charge in [-0.15, -0.1) is 0 Å². The largest absolute Gasteiger partial charge is 0.477 e. The normalized spacial score (nSPS) is 13.7. The maximum absolute atomic E-state index is 13.7. The highest BCUT2D eigenvalue weighted by Crippen LogP contribution is 2.32. The van der Waals surface area contributed by atoms with Gasteiger partial charge in [0.25, 0.3) is 0 Å². The molecule has 0 aliphatic rings. The number of hydrogen-bond acceptors (Lipinski definition) is 4. The highest BCUT2D eigenvalue weighted by atomic mass is 19.3. The minimum Gasteiger partial charge on any atom is -0.477 e. The molecular weight excluding hydrogens is 276 g/mol. The van der Waals surface area contributed by atoms with Crippen molar-refractivity contribution in [2.24, 2.45) is 0 Å². The molecule has 0 aromatic carbocycles. The van der Waals surface area contributed by atoms with Gasteiger partial charge in [0.05, 0.1) is 12.5 Å². The average molecular weight is 291 g/mol. The molecule has 0 fully saturated rings. The Morgan fingerprint density at radius 3 is 2.40 bits per heavy atom. The zero-order chi connectivity index (χ0) is 15.6. The number of carbonyl (C=O) groups excluding carboxylic acids is 1. The number of alkyl carbamates (subject to hydrolysis) is 1. The van der Waals surface area contributed by atoms with Crippen molar-refractivity contribution in [3.8, 4) is 0 Å². The van der Waals surface area contributed by atoms with Crippen LogP contribution in [-0.4, -0.2) is 28.7 Å². The van der Waals surface area contributed by atoms with Gasteiger partial charge in [-0.05, 0) is 26.8 Å². The molecule has 1 aromatic rings. The third kappa shape index (κ3) is 3.94. The van der Waals surface area contributed by atoms with Crippen LogP contribution in [0.25, 0.3) is 0 Å². The smallest absolute Gasteiger partial charge is 0.408 e. The first-order chi connectivity index (χ1) is 9.04. The summed E-state index contributed by atoms with van der Waals surface area (Å²) in [5.41, 5.74) is -1.08. The lowest BCUT2D eigenvalue weighted by molar-refractivity contribution is -0.169. The lowest BCUT2D eigenvalue weighted by Crippen LogP contribution is -2.46. The number of carbonyl (C=O) groups is 2. The minimum atomic E-state index is -4.21. The zero-order valence-electron chi connectivity index (χ0n) is 11.1. The number of rotatable bonds is 4. The van der Waals surface area contributed by atoms with Gasteiger partial charge in [0.2, 0.25) is 0 Å². The summed E-state index contributed by atoms with van der Waals surface area (Å²) in [4.78, 5) is 22.2. The Bertz CT molecular complexity index is 479. The van der Waals surface area contributed by atoms with Gasteiger partial charge in [0, 0.05) is 5.56 Å². The molecule has 1 unspecified atom stereocenters. The SMILES string of the molecule is CC(C)(C)OC(=O)NC(c1ccoc1)C(F)(F)C(=O)O. The number of hydrogen-bond donors (Lipinski definition) is 2. The third-order valence-corrected chi connectivity index (χ3v) is 2.19. The van der Waals surface area contributed by atoms with Crippen molar-refractivity contribution < 1.29 is 32.6 Å². The van der Waals surface area contributed by atoms with E-state index in [0.29, 0.717) is 0 Å². The second kappa shape index (κ2) is 5.48. The quantitative estimate of drug-likeness (QED) is 0.890. The fourth-order valence-corrected chi connectivity index (χ4v) is 1.37. The summed E-state index contributed by atoms with van der Waals surface area (Å²) >= 11 is 0. The van der Waals surface area contributed by atoms with E-state index in [4.69, 9.17) is 9.84 Å². The summed E-state index contributed by atoms with van der Waals surface area (Å²) in [5, 5.41) is 10.4. The van der Waals surface area contributed by atoms with Gasteiger partial charge in [-0.1, -0.05) is 0 Å². The summed E-state index contributed by atoms with van der Waals surface area (Å²) in [5.74, 6) is -6.57. The predicted molar refractivity (Wildman–Crippen MR) is 63.4 cm³/mol. The van der Waals surface area contributed by atoms with Gasteiger partial charge >= 0.3 is 18.0 Å². The van der Waals surface area contributed by atoms with Crippen LogP contribution in [-0.2, 0) is 9.53 Å². The van der Waals surface area contributed by atoms with Crippen LogP contribution < -0.4 is 5.32 Å². The van der Waals surface area contributed by atoms with E-state index in [1.54, 1.807) is 20.8 Å². The van der Waals surface area contributed by atoms with Crippen molar-refractivity contribution in [3.05, 3.63) is 24.2 Å². The van der Waals surface area contributed by atoms with Crippen LogP contribution in [0, 0.1) is 0 Å². The molecule has 1 aromatic heterocycles. The maximum atomic E-state index is 13.7. The number of carboxylic acid groups (broad SMARTS) is 1. The summed E-state index contributed by atoms with van der Waals surface area (Å²) in [6.45, 7) is 4.65. The Kier molecular flexibility index (Phi) is 4.36. The van der Waals surface area contributed by atoms with Crippen LogP contribution in [0.3, 0.4) is 0 Å². The molecule has 20 heavy (non-hydrogen) atoms. The number of carboxylic acids is 1. The van der Waals surface area contributed by atoms with Crippen LogP contribution >= 0.6 is 0 Å². The summed E-state index contributed by atoms with van der Waals surface area (Å²) in [6.07, 6.45) is 0.875. The average Bonchev–Trinajstić information content (AvgIpc) is 2.75. The number of alkyl halides is 2. The van der Waals surface area contributed by atoms with E-state index in [-0.39, 0.29) is 5.56 Å². The first-order valence-electron chi connectivity index (χ1n) is 5.67. The van der Waals surface area contributed by atoms with Crippen molar-refractivity contribution in [2.45, 2.75) is 38.3 Å². The second-order valence-electron chi connectivity index (χ2n) is 5.06. The molecular formula is C12H15F2NO5. The van der Waals surface area contributed by atoms with Gasteiger partial charge < -0.3 is 19.6 Å². The molecule has 2 N–H and O–H groups in total. The molecule has 112 valence electrons. The Balaban J connectivity index is 2.97. The fraction of sp³-hybridized carbons (Fsp3) is 0.500. The number of amides is 1. The van der Waals surface area contributed by atoms with Gasteiger partial charge in [-0.3, -0.25) is 0 Å². The van der Waals surface area contributed by atoms with Crippen LogP contribution in [0.15, 0.2) is 23.0 Å². The minimum absolute atomic E-state index is 0.178. The third-order valence-electron chi connectivity index (χ3n) is 2.19. The molecule has 0 saturated heterocycles. The number of aliphatic carboxylic acids is 1. The Morgan fingerprint density at radius 2 is 2.00 bits per heavy atom. The van der Waals surface area contributed by atoms with E-state index < -0.39 is 29.6 Å². The number of furan rings is 1. The molecule has 0 radical (unpaired) electrons. The van der Waals surface area contributed by atoms with Gasteiger partial charge in [-0.25, -0.2) is 9.59 Å². The van der Waals surface area contributed by atoms with Gasteiger partial charge in [-0.2, -0.15) is 8.78 Å². The first-order valence-corrected chi connectivity index (χ1v) is 5.67. The van der Waals surface area contributed by atoms with Crippen molar-refractivity contribution in [1.82, 2.24) is 5.32 Å². The van der Waals surface area contributed by atoms with E-state index in [1.807, 2.05) is 5.32 Å². The van der Waals surface area contributed by atoms with Crippen LogP contribution in [0.1, 0.15) is 32.4 Å². The summed E-state index contributed by atoms with van der Waals surface area (Å²) in [7, 11) is 0. The maximum Gasteiger partial charge on any atom is 0.408 e. The molecule has 0 aliphatic carbocycles. The second-order valence-corrected chi connectivity index (χ2v) is 5.06. The van der Waals surface area contributed by atoms with Crippen molar-refractivity contribution in [3.63, 3.8) is 0 Å². The van der Waals surface area contributed by atoms with Crippen LogP contribution in [0.4, 0.5) is 13.6 Å². The lowest BCUT2D eigenvalue weighted by atomic mass is 10.0. The topological polar surface area (TPSA) is 88.8 Å². The molecule has 8 heteroatoms. The van der Waals surface area contributed by atoms with Crippen molar-refractivity contribution >= 4 is 12.1 Å². The highest BCUT2D eigenvalue weighted by Gasteiger charge is 2.50. The van der Waals surface area contributed by atoms with Crippen molar-refractivity contribution in [1.29, 1.82) is 0 Å². The molecule has 1 amide bonds. The molecule has 6 nitrogen and oxygen atoms in total. The number of halogens is 2. The molecule has 1 heterocycles. The zero-order valence-corrected chi connectivity index (χ0v) is 11.1. The molecule has 0 bridgehead atoms. The summed E-state index contributed by atoms with van der Waals surface area (Å²) < 4.78 is 36.8. The molecule has 1 atom stereocenters. The molecule has 0 spiro atoms. The highest BCUT2D eigenvalue weighted by molar-refractivity contribution is 5.78. The van der Waals surface area contributed by atoms with Crippen LogP contribution in [0.2, 0.25) is 0 Å². The van der Waals surface area contributed by atoms with E-state index in [2.05, 4.69) is 4.42 Å². The van der Waals surface area contributed by atoms with E-state index >= 15 is 0 Å². The Labute approximate surface area is 113 Å². The van der Waals surface area contributed by atoms with E-state index in [9.17, 15) is 18.4 Å². The Hall–Kier alpha value is -2.12. The molecule has 0 saturated carbocycles. The Morgan fingerprint density at radius 1 is 1.40 bits per heavy atom. The standard InChI is InChI=1S/C12H15F2NO5/c1-11(2,3)20-10(18)15-8(7-4-5-19-6-7)12(13,14)9(16)17/h4-6,8H,1-3H3,(H,15,18)(H,16,17). The fourth-order valence-electron chi connectivity index (χ4n) is 1.37. The lowest BCUT2D eigenvalue weighted by Gasteiger charge is -2.26. The number of nitrogens with one attached hydrogen (secondary N) is 1. The first kappa shape index (κ1) is 15.9. The monoisotopic (exact) mass is 291 g/mol. The van der Waals surface area contributed by atoms with Crippen LogP contribution in [0.5, 0.6) is 0 Å². The molecule has 0 aliphatic heterocycles. The van der Waals surface area contributed by atoms with E-state index in [0.717, 1.165) is 18.6 Å². The van der Waals surface area contributed by atoms with Gasteiger partial charge in [0.15, 0.2) is 0 Å². The van der Waals surface area contributed by atoms with Gasteiger partial charge in [0.1, 0.15) is 11.6 Å². The predicted octanol–water partition coefficient (Wildman–Crippen LogP) is 2.57. The van der Waals surface area contributed by atoms with E-state index in [1.165, 1.54) is 0 Å².